The van der Waals surface area contributed by atoms with Gasteiger partial charge in [-0.1, -0.05) is 30.3 Å². The SMILES string of the molecule is C[C@@H](C(=O)NC(C)(C)C)N1CCN(S(=O)(=O)c2ccc3ccccc3c2)CC1. The monoisotopic (exact) mass is 403 g/mol. The van der Waals surface area contributed by atoms with Crippen LogP contribution in [0, 0.1) is 0 Å². The van der Waals surface area contributed by atoms with Crippen LogP contribution in [0.25, 0.3) is 10.8 Å². The molecule has 2 aromatic rings. The first-order valence-corrected chi connectivity index (χ1v) is 11.1. The number of amides is 1. The van der Waals surface area contributed by atoms with E-state index in [1.54, 1.807) is 12.1 Å². The Kier molecular flexibility index (Phi) is 5.79. The summed E-state index contributed by atoms with van der Waals surface area (Å²) in [6.07, 6.45) is 0. The summed E-state index contributed by atoms with van der Waals surface area (Å²) in [5.74, 6) is -0.0293. The van der Waals surface area contributed by atoms with E-state index in [1.807, 2.05) is 62.9 Å². The van der Waals surface area contributed by atoms with Gasteiger partial charge in [0.15, 0.2) is 0 Å². The van der Waals surface area contributed by atoms with Crippen LogP contribution < -0.4 is 5.32 Å². The highest BCUT2D eigenvalue weighted by atomic mass is 32.2. The molecule has 1 aliphatic heterocycles. The second kappa shape index (κ2) is 7.81. The van der Waals surface area contributed by atoms with Crippen LogP contribution in [-0.4, -0.2) is 61.3 Å². The summed E-state index contributed by atoms with van der Waals surface area (Å²) in [6.45, 7) is 9.54. The minimum absolute atomic E-state index is 0.0293. The third-order valence-corrected chi connectivity index (χ3v) is 6.95. The minimum Gasteiger partial charge on any atom is -0.350 e. The number of hydrogen-bond acceptors (Lipinski definition) is 4. The molecule has 0 saturated carbocycles. The Balaban J connectivity index is 1.68. The summed E-state index contributed by atoms with van der Waals surface area (Å²) in [6, 6.07) is 12.7. The topological polar surface area (TPSA) is 69.7 Å². The molecule has 0 unspecified atom stereocenters. The van der Waals surface area contributed by atoms with Gasteiger partial charge in [0, 0.05) is 31.7 Å². The highest BCUT2D eigenvalue weighted by Crippen LogP contribution is 2.23. The molecule has 1 atom stereocenters. The van der Waals surface area contributed by atoms with Gasteiger partial charge in [-0.25, -0.2) is 8.42 Å². The van der Waals surface area contributed by atoms with E-state index in [-0.39, 0.29) is 17.5 Å². The van der Waals surface area contributed by atoms with Gasteiger partial charge in [0.25, 0.3) is 0 Å². The van der Waals surface area contributed by atoms with Crippen LogP contribution in [0.4, 0.5) is 0 Å². The van der Waals surface area contributed by atoms with Crippen molar-refractivity contribution in [2.45, 2.75) is 44.2 Å². The van der Waals surface area contributed by atoms with E-state index in [0.717, 1.165) is 10.8 Å². The lowest BCUT2D eigenvalue weighted by Gasteiger charge is -2.37. The van der Waals surface area contributed by atoms with Crippen LogP contribution in [0.3, 0.4) is 0 Å². The molecule has 2 aromatic carbocycles. The normalized spacial score (nSPS) is 18.1. The average molecular weight is 404 g/mol. The van der Waals surface area contributed by atoms with Gasteiger partial charge in [-0.15, -0.1) is 0 Å². The third-order valence-electron chi connectivity index (χ3n) is 5.06. The van der Waals surface area contributed by atoms with E-state index in [2.05, 4.69) is 5.32 Å². The molecule has 1 heterocycles. The average Bonchev–Trinajstić information content (AvgIpc) is 2.65. The molecule has 1 aliphatic rings. The quantitative estimate of drug-likeness (QED) is 0.851. The molecule has 0 aromatic heterocycles. The number of nitrogens with one attached hydrogen (secondary N) is 1. The molecule has 1 fully saturated rings. The van der Waals surface area contributed by atoms with Gasteiger partial charge < -0.3 is 5.32 Å². The van der Waals surface area contributed by atoms with Crippen molar-refractivity contribution in [2.24, 2.45) is 0 Å². The highest BCUT2D eigenvalue weighted by Gasteiger charge is 2.32. The largest absolute Gasteiger partial charge is 0.350 e. The lowest BCUT2D eigenvalue weighted by atomic mass is 10.1. The molecular weight excluding hydrogens is 374 g/mol. The van der Waals surface area contributed by atoms with Crippen LogP contribution in [0.5, 0.6) is 0 Å². The second-order valence-electron chi connectivity index (χ2n) is 8.36. The fourth-order valence-corrected chi connectivity index (χ4v) is 4.91. The van der Waals surface area contributed by atoms with E-state index in [0.29, 0.717) is 31.1 Å². The van der Waals surface area contributed by atoms with Crippen LogP contribution in [-0.2, 0) is 14.8 Å². The number of nitrogens with zero attached hydrogens (tertiary/aromatic N) is 2. The smallest absolute Gasteiger partial charge is 0.243 e. The Hall–Kier alpha value is -1.96. The van der Waals surface area contributed by atoms with Crippen LogP contribution >= 0.6 is 0 Å². The molecule has 0 aliphatic carbocycles. The first kappa shape index (κ1) is 20.8. The number of sulfonamides is 1. The predicted molar refractivity (Wildman–Crippen MR) is 112 cm³/mol. The molecule has 28 heavy (non-hydrogen) atoms. The van der Waals surface area contributed by atoms with Crippen molar-refractivity contribution in [2.75, 3.05) is 26.2 Å². The van der Waals surface area contributed by atoms with Crippen LogP contribution in [0.15, 0.2) is 47.4 Å². The van der Waals surface area contributed by atoms with Crippen molar-refractivity contribution in [1.82, 2.24) is 14.5 Å². The minimum atomic E-state index is -3.55. The third kappa shape index (κ3) is 4.54. The molecular formula is C21H29N3O3S. The van der Waals surface area contributed by atoms with Gasteiger partial charge in [0.1, 0.15) is 0 Å². The fraction of sp³-hybridized carbons (Fsp3) is 0.476. The van der Waals surface area contributed by atoms with Crippen molar-refractivity contribution in [3.8, 4) is 0 Å². The zero-order valence-electron chi connectivity index (χ0n) is 17.0. The van der Waals surface area contributed by atoms with Crippen LogP contribution in [0.2, 0.25) is 0 Å². The lowest BCUT2D eigenvalue weighted by molar-refractivity contribution is -0.127. The zero-order valence-corrected chi connectivity index (χ0v) is 17.8. The first-order chi connectivity index (χ1) is 13.1. The Labute approximate surface area is 167 Å². The maximum absolute atomic E-state index is 13.1. The number of fused-ring (bicyclic) bond motifs is 1. The van der Waals surface area contributed by atoms with Crippen molar-refractivity contribution in [1.29, 1.82) is 0 Å². The Bertz CT molecular complexity index is 958. The van der Waals surface area contributed by atoms with E-state index < -0.39 is 10.0 Å². The van der Waals surface area contributed by atoms with E-state index in [1.165, 1.54) is 4.31 Å². The van der Waals surface area contributed by atoms with Crippen molar-refractivity contribution in [3.05, 3.63) is 42.5 Å². The number of piperazine rings is 1. The van der Waals surface area contributed by atoms with E-state index >= 15 is 0 Å². The van der Waals surface area contributed by atoms with Gasteiger partial charge in [-0.2, -0.15) is 4.31 Å². The van der Waals surface area contributed by atoms with Gasteiger partial charge in [-0.05, 0) is 50.6 Å². The lowest BCUT2D eigenvalue weighted by Crippen LogP contribution is -2.56. The molecule has 0 bridgehead atoms. The summed E-state index contributed by atoms with van der Waals surface area (Å²) in [5.41, 5.74) is -0.285. The van der Waals surface area contributed by atoms with E-state index in [9.17, 15) is 13.2 Å². The molecule has 1 saturated heterocycles. The summed E-state index contributed by atoms with van der Waals surface area (Å²) < 4.78 is 27.6. The van der Waals surface area contributed by atoms with Gasteiger partial charge in [0.2, 0.25) is 15.9 Å². The maximum Gasteiger partial charge on any atom is 0.243 e. The summed E-state index contributed by atoms with van der Waals surface area (Å²) in [7, 11) is -3.55. The molecule has 6 nitrogen and oxygen atoms in total. The Morgan fingerprint density at radius 3 is 2.21 bits per heavy atom. The highest BCUT2D eigenvalue weighted by molar-refractivity contribution is 7.89. The maximum atomic E-state index is 13.1. The van der Waals surface area contributed by atoms with Crippen molar-refractivity contribution < 1.29 is 13.2 Å². The second-order valence-corrected chi connectivity index (χ2v) is 10.3. The first-order valence-electron chi connectivity index (χ1n) is 9.63. The molecule has 0 spiro atoms. The molecule has 1 N–H and O–H groups in total. The fourth-order valence-electron chi connectivity index (χ4n) is 3.45. The molecule has 3 rings (SSSR count). The Morgan fingerprint density at radius 1 is 1.00 bits per heavy atom. The zero-order chi connectivity index (χ0) is 20.5. The number of benzene rings is 2. The van der Waals surface area contributed by atoms with Crippen LogP contribution in [0.1, 0.15) is 27.7 Å². The Morgan fingerprint density at radius 2 is 1.61 bits per heavy atom. The molecule has 7 heteroatoms. The van der Waals surface area contributed by atoms with Crippen molar-refractivity contribution >= 4 is 26.7 Å². The number of carbonyl (C=O) groups is 1. The van der Waals surface area contributed by atoms with Gasteiger partial charge >= 0.3 is 0 Å². The summed E-state index contributed by atoms with van der Waals surface area (Å²) >= 11 is 0. The van der Waals surface area contributed by atoms with Crippen molar-refractivity contribution in [3.63, 3.8) is 0 Å². The molecule has 152 valence electrons. The number of hydrogen-bond donors (Lipinski definition) is 1. The number of rotatable bonds is 4. The predicted octanol–water partition coefficient (Wildman–Crippen LogP) is 2.45. The van der Waals surface area contributed by atoms with Gasteiger partial charge in [0.05, 0.1) is 10.9 Å². The summed E-state index contributed by atoms with van der Waals surface area (Å²) in [5, 5.41) is 4.92. The molecule has 1 amide bonds. The summed E-state index contributed by atoms with van der Waals surface area (Å²) in [4.78, 5) is 14.8. The molecule has 0 radical (unpaired) electrons. The number of carbonyl (C=O) groups excluding carboxylic acids is 1. The van der Waals surface area contributed by atoms with E-state index in [4.69, 9.17) is 0 Å². The van der Waals surface area contributed by atoms with Gasteiger partial charge in [-0.3, -0.25) is 9.69 Å². The standard InChI is InChI=1S/C21H29N3O3S/c1-16(20(25)22-21(2,3)4)23-11-13-24(14-12-23)28(26,27)19-10-9-17-7-5-6-8-18(17)15-19/h5-10,15-16H,11-14H2,1-4H3,(H,22,25)/t16-/m0/s1.